The third-order valence-electron chi connectivity index (χ3n) is 3.58. The number of aromatic nitrogens is 1. The van der Waals surface area contributed by atoms with Crippen LogP contribution in [0.2, 0.25) is 0 Å². The monoisotopic (exact) mass is 299 g/mol. The van der Waals surface area contributed by atoms with Gasteiger partial charge in [-0.1, -0.05) is 39.0 Å². The molecule has 0 aliphatic heterocycles. The SMILES string of the molecule is CC(C)(C)c1ccc2oc(-c3cccc(CCl)c3)nc2c1. The first-order valence-electron chi connectivity index (χ1n) is 7.04. The summed E-state index contributed by atoms with van der Waals surface area (Å²) in [6.45, 7) is 6.58. The second-order valence-corrected chi connectivity index (χ2v) is 6.55. The van der Waals surface area contributed by atoms with Crippen molar-refractivity contribution >= 4 is 22.7 Å². The zero-order valence-corrected chi connectivity index (χ0v) is 13.2. The van der Waals surface area contributed by atoms with Crippen LogP contribution < -0.4 is 0 Å². The summed E-state index contributed by atoms with van der Waals surface area (Å²) in [5.41, 5.74) is 5.09. The van der Waals surface area contributed by atoms with Gasteiger partial charge in [-0.05, 0) is 40.8 Å². The summed E-state index contributed by atoms with van der Waals surface area (Å²) in [7, 11) is 0. The van der Waals surface area contributed by atoms with Crippen LogP contribution in [0, 0.1) is 0 Å². The Balaban J connectivity index is 2.08. The van der Waals surface area contributed by atoms with Crippen molar-refractivity contribution in [3.63, 3.8) is 0 Å². The molecule has 0 amide bonds. The number of benzene rings is 2. The highest BCUT2D eigenvalue weighted by Gasteiger charge is 2.16. The minimum absolute atomic E-state index is 0.103. The van der Waals surface area contributed by atoms with Gasteiger partial charge in [-0.15, -0.1) is 11.6 Å². The Kier molecular flexibility index (Phi) is 3.50. The van der Waals surface area contributed by atoms with E-state index in [1.807, 2.05) is 30.3 Å². The van der Waals surface area contributed by atoms with Crippen LogP contribution in [0.3, 0.4) is 0 Å². The number of nitrogens with zero attached hydrogens (tertiary/aromatic N) is 1. The maximum Gasteiger partial charge on any atom is 0.227 e. The van der Waals surface area contributed by atoms with Gasteiger partial charge >= 0.3 is 0 Å². The Morgan fingerprint density at radius 1 is 1.10 bits per heavy atom. The lowest BCUT2D eigenvalue weighted by molar-refractivity contribution is 0.590. The molecule has 0 saturated heterocycles. The standard InChI is InChI=1S/C18H18ClNO/c1-18(2,3)14-7-8-16-15(10-14)20-17(21-16)13-6-4-5-12(9-13)11-19/h4-10H,11H2,1-3H3. The van der Waals surface area contributed by atoms with Gasteiger partial charge in [0.25, 0.3) is 0 Å². The van der Waals surface area contributed by atoms with Crippen molar-refractivity contribution in [1.82, 2.24) is 4.98 Å². The van der Waals surface area contributed by atoms with Crippen LogP contribution in [0.4, 0.5) is 0 Å². The summed E-state index contributed by atoms with van der Waals surface area (Å²) in [5.74, 6) is 1.13. The van der Waals surface area contributed by atoms with Crippen LogP contribution >= 0.6 is 11.6 Å². The van der Waals surface area contributed by atoms with Crippen LogP contribution in [0.15, 0.2) is 46.9 Å². The Labute approximate surface area is 129 Å². The first-order valence-corrected chi connectivity index (χ1v) is 7.57. The molecule has 0 unspecified atom stereocenters. The molecular weight excluding hydrogens is 282 g/mol. The molecule has 3 aromatic rings. The fraction of sp³-hybridized carbons (Fsp3) is 0.278. The molecule has 0 radical (unpaired) electrons. The minimum atomic E-state index is 0.103. The Morgan fingerprint density at radius 3 is 2.62 bits per heavy atom. The second-order valence-electron chi connectivity index (χ2n) is 6.29. The van der Waals surface area contributed by atoms with Crippen molar-refractivity contribution in [3.8, 4) is 11.5 Å². The highest BCUT2D eigenvalue weighted by Crippen LogP contribution is 2.29. The normalized spacial score (nSPS) is 12.0. The molecule has 0 bridgehead atoms. The number of oxazole rings is 1. The third kappa shape index (κ3) is 2.81. The molecular formula is C18H18ClNO. The van der Waals surface area contributed by atoms with E-state index in [0.29, 0.717) is 11.8 Å². The van der Waals surface area contributed by atoms with E-state index < -0.39 is 0 Å². The minimum Gasteiger partial charge on any atom is -0.436 e. The van der Waals surface area contributed by atoms with Crippen molar-refractivity contribution in [1.29, 1.82) is 0 Å². The van der Waals surface area contributed by atoms with Crippen LogP contribution in [-0.2, 0) is 11.3 Å². The highest BCUT2D eigenvalue weighted by molar-refractivity contribution is 6.17. The molecule has 0 spiro atoms. The molecule has 3 heteroatoms. The number of hydrogen-bond donors (Lipinski definition) is 0. The molecule has 0 aliphatic carbocycles. The zero-order chi connectivity index (χ0) is 15.0. The quantitative estimate of drug-likeness (QED) is 0.581. The number of alkyl halides is 1. The van der Waals surface area contributed by atoms with Crippen molar-refractivity contribution < 1.29 is 4.42 Å². The summed E-state index contributed by atoms with van der Waals surface area (Å²) in [6.07, 6.45) is 0. The Bertz CT molecular complexity index is 783. The van der Waals surface area contributed by atoms with Gasteiger partial charge in [0.1, 0.15) is 5.52 Å². The molecule has 0 N–H and O–H groups in total. The summed E-state index contributed by atoms with van der Waals surface area (Å²) >= 11 is 5.88. The summed E-state index contributed by atoms with van der Waals surface area (Å²) in [4.78, 5) is 4.62. The second kappa shape index (κ2) is 5.19. The van der Waals surface area contributed by atoms with Gasteiger partial charge < -0.3 is 4.42 Å². The van der Waals surface area contributed by atoms with E-state index in [2.05, 4.69) is 37.9 Å². The maximum atomic E-state index is 5.88. The smallest absolute Gasteiger partial charge is 0.227 e. The number of fused-ring (bicyclic) bond motifs is 1. The fourth-order valence-corrected chi connectivity index (χ4v) is 2.47. The van der Waals surface area contributed by atoms with Crippen LogP contribution in [0.1, 0.15) is 31.9 Å². The summed E-state index contributed by atoms with van der Waals surface area (Å²) in [6, 6.07) is 14.2. The van der Waals surface area contributed by atoms with Crippen molar-refractivity contribution in [2.75, 3.05) is 0 Å². The average molecular weight is 300 g/mol. The maximum absolute atomic E-state index is 5.88. The molecule has 21 heavy (non-hydrogen) atoms. The highest BCUT2D eigenvalue weighted by atomic mass is 35.5. The molecule has 1 aromatic heterocycles. The lowest BCUT2D eigenvalue weighted by Gasteiger charge is -2.18. The molecule has 2 nitrogen and oxygen atoms in total. The van der Waals surface area contributed by atoms with Gasteiger partial charge in [0.2, 0.25) is 5.89 Å². The van der Waals surface area contributed by atoms with E-state index in [9.17, 15) is 0 Å². The molecule has 3 rings (SSSR count). The van der Waals surface area contributed by atoms with Gasteiger partial charge in [0, 0.05) is 11.4 Å². The van der Waals surface area contributed by atoms with Crippen molar-refractivity contribution in [3.05, 3.63) is 53.6 Å². The third-order valence-corrected chi connectivity index (χ3v) is 3.89. The van der Waals surface area contributed by atoms with E-state index in [1.165, 1.54) is 5.56 Å². The lowest BCUT2D eigenvalue weighted by Crippen LogP contribution is -2.10. The van der Waals surface area contributed by atoms with E-state index in [4.69, 9.17) is 16.0 Å². The number of hydrogen-bond acceptors (Lipinski definition) is 2. The summed E-state index contributed by atoms with van der Waals surface area (Å²) < 4.78 is 5.87. The van der Waals surface area contributed by atoms with E-state index in [0.717, 1.165) is 22.2 Å². The van der Waals surface area contributed by atoms with Gasteiger partial charge in [-0.2, -0.15) is 0 Å². The molecule has 0 fully saturated rings. The predicted molar refractivity (Wildman–Crippen MR) is 87.7 cm³/mol. The van der Waals surface area contributed by atoms with E-state index >= 15 is 0 Å². The molecule has 108 valence electrons. The lowest BCUT2D eigenvalue weighted by atomic mass is 9.87. The van der Waals surface area contributed by atoms with Gasteiger partial charge in [0.15, 0.2) is 5.58 Å². The molecule has 2 aromatic carbocycles. The average Bonchev–Trinajstić information content (AvgIpc) is 2.89. The molecule has 1 heterocycles. The first-order chi connectivity index (χ1) is 9.97. The van der Waals surface area contributed by atoms with Crippen molar-refractivity contribution in [2.45, 2.75) is 32.1 Å². The first kappa shape index (κ1) is 14.2. The van der Waals surface area contributed by atoms with Gasteiger partial charge in [0.05, 0.1) is 0 Å². The van der Waals surface area contributed by atoms with Gasteiger partial charge in [-0.3, -0.25) is 0 Å². The van der Waals surface area contributed by atoms with Crippen LogP contribution in [0.25, 0.3) is 22.6 Å². The number of rotatable bonds is 2. The largest absolute Gasteiger partial charge is 0.436 e. The van der Waals surface area contributed by atoms with Crippen LogP contribution in [0.5, 0.6) is 0 Å². The molecule has 0 saturated carbocycles. The Hall–Kier alpha value is -1.80. The zero-order valence-electron chi connectivity index (χ0n) is 12.5. The van der Waals surface area contributed by atoms with Crippen molar-refractivity contribution in [2.24, 2.45) is 0 Å². The molecule has 0 atom stereocenters. The Morgan fingerprint density at radius 2 is 1.90 bits per heavy atom. The topological polar surface area (TPSA) is 26.0 Å². The fourth-order valence-electron chi connectivity index (χ4n) is 2.30. The van der Waals surface area contributed by atoms with E-state index in [1.54, 1.807) is 0 Å². The van der Waals surface area contributed by atoms with Crippen LogP contribution in [-0.4, -0.2) is 4.98 Å². The predicted octanol–water partition coefficient (Wildman–Crippen LogP) is 5.53. The van der Waals surface area contributed by atoms with E-state index in [-0.39, 0.29) is 5.41 Å². The summed E-state index contributed by atoms with van der Waals surface area (Å²) in [5, 5.41) is 0. The molecule has 0 aliphatic rings. The number of halogens is 1. The van der Waals surface area contributed by atoms with Gasteiger partial charge in [-0.25, -0.2) is 4.98 Å².